The van der Waals surface area contributed by atoms with Crippen molar-refractivity contribution in [1.29, 1.82) is 0 Å². The Bertz CT molecular complexity index is 444. The van der Waals surface area contributed by atoms with Crippen molar-refractivity contribution in [2.45, 2.75) is 39.0 Å². The predicted molar refractivity (Wildman–Crippen MR) is 80.1 cm³/mol. The zero-order valence-electron chi connectivity index (χ0n) is 11.3. The summed E-state index contributed by atoms with van der Waals surface area (Å²) in [5.74, 6) is 0.101. The first kappa shape index (κ1) is 14.6. The molecule has 0 saturated heterocycles. The van der Waals surface area contributed by atoms with Crippen LogP contribution in [0.25, 0.3) is 0 Å². The maximum Gasteiger partial charge on any atom is 0.307 e. The molecule has 1 fully saturated rings. The first-order valence-corrected chi connectivity index (χ1v) is 7.83. The molecule has 1 aromatic carbocycles. The number of carbonyl (C=O) groups is 1. The van der Waals surface area contributed by atoms with E-state index < -0.39 is 5.97 Å². The molecular formula is C16H21BrO2. The number of halogens is 1. The quantitative estimate of drug-likeness (QED) is 0.884. The number of benzene rings is 1. The monoisotopic (exact) mass is 324 g/mol. The van der Waals surface area contributed by atoms with Crippen LogP contribution in [0.4, 0.5) is 0 Å². The maximum atomic E-state index is 11.6. The lowest BCUT2D eigenvalue weighted by atomic mass is 9.74. The molecule has 19 heavy (non-hydrogen) atoms. The molecule has 1 N–H and O–H groups in total. The van der Waals surface area contributed by atoms with Crippen molar-refractivity contribution in [3.05, 3.63) is 34.3 Å². The van der Waals surface area contributed by atoms with Crippen molar-refractivity contribution in [2.24, 2.45) is 17.8 Å². The predicted octanol–water partition coefficient (Wildman–Crippen LogP) is 4.52. The second kappa shape index (κ2) is 6.56. The standard InChI is InChI=1S/C16H21BrO2/c1-11-5-4-7-12(9-11)14(16(18)19)10-13-6-2-3-8-15(13)17/h2-3,6,8,11-12,14H,4-5,7,9-10H2,1H3,(H,18,19). The highest BCUT2D eigenvalue weighted by molar-refractivity contribution is 9.10. The van der Waals surface area contributed by atoms with Gasteiger partial charge in [-0.15, -0.1) is 0 Å². The van der Waals surface area contributed by atoms with E-state index in [0.717, 1.165) is 22.9 Å². The van der Waals surface area contributed by atoms with Crippen molar-refractivity contribution in [2.75, 3.05) is 0 Å². The van der Waals surface area contributed by atoms with Crippen LogP contribution >= 0.6 is 15.9 Å². The van der Waals surface area contributed by atoms with Crippen LogP contribution in [0, 0.1) is 17.8 Å². The molecule has 0 bridgehead atoms. The van der Waals surface area contributed by atoms with E-state index in [0.29, 0.717) is 18.3 Å². The summed E-state index contributed by atoms with van der Waals surface area (Å²) in [5.41, 5.74) is 1.10. The average Bonchev–Trinajstić information content (AvgIpc) is 2.37. The summed E-state index contributed by atoms with van der Waals surface area (Å²) < 4.78 is 1.02. The molecule has 0 radical (unpaired) electrons. The molecule has 1 aromatic rings. The van der Waals surface area contributed by atoms with Gasteiger partial charge < -0.3 is 5.11 Å². The van der Waals surface area contributed by atoms with Crippen LogP contribution in [-0.2, 0) is 11.2 Å². The summed E-state index contributed by atoms with van der Waals surface area (Å²) in [6, 6.07) is 7.94. The topological polar surface area (TPSA) is 37.3 Å². The van der Waals surface area contributed by atoms with Crippen LogP contribution in [0.2, 0.25) is 0 Å². The fourth-order valence-corrected chi connectivity index (χ4v) is 3.65. The Morgan fingerprint density at radius 3 is 2.79 bits per heavy atom. The van der Waals surface area contributed by atoms with Gasteiger partial charge in [0.25, 0.3) is 0 Å². The molecule has 2 rings (SSSR count). The van der Waals surface area contributed by atoms with E-state index >= 15 is 0 Å². The first-order chi connectivity index (χ1) is 9.08. The maximum absolute atomic E-state index is 11.6. The minimum atomic E-state index is -0.644. The summed E-state index contributed by atoms with van der Waals surface area (Å²) in [4.78, 5) is 11.6. The Hall–Kier alpha value is -0.830. The van der Waals surface area contributed by atoms with Crippen LogP contribution in [0.15, 0.2) is 28.7 Å². The normalized spacial score (nSPS) is 24.9. The van der Waals surface area contributed by atoms with Crippen molar-refractivity contribution in [1.82, 2.24) is 0 Å². The van der Waals surface area contributed by atoms with E-state index in [1.807, 2.05) is 24.3 Å². The lowest BCUT2D eigenvalue weighted by molar-refractivity contribution is -0.144. The molecule has 3 atom stereocenters. The van der Waals surface area contributed by atoms with E-state index in [1.165, 1.54) is 12.8 Å². The SMILES string of the molecule is CC1CCCC(C(Cc2ccccc2Br)C(=O)O)C1. The molecule has 3 unspecified atom stereocenters. The van der Waals surface area contributed by atoms with Gasteiger partial charge in [0.05, 0.1) is 5.92 Å². The summed E-state index contributed by atoms with van der Waals surface area (Å²) in [5, 5.41) is 9.55. The molecule has 2 nitrogen and oxygen atoms in total. The number of hydrogen-bond acceptors (Lipinski definition) is 1. The molecule has 1 aliphatic rings. The summed E-state index contributed by atoms with van der Waals surface area (Å²) in [6.45, 7) is 2.24. The van der Waals surface area contributed by atoms with E-state index in [2.05, 4.69) is 22.9 Å². The largest absolute Gasteiger partial charge is 0.481 e. The molecule has 1 saturated carbocycles. The third kappa shape index (κ3) is 3.82. The van der Waals surface area contributed by atoms with Crippen molar-refractivity contribution in [3.63, 3.8) is 0 Å². The van der Waals surface area contributed by atoms with Gasteiger partial charge in [-0.05, 0) is 42.7 Å². The van der Waals surface area contributed by atoms with Gasteiger partial charge in [0.1, 0.15) is 0 Å². The van der Waals surface area contributed by atoms with Crippen molar-refractivity contribution in [3.8, 4) is 0 Å². The lowest BCUT2D eigenvalue weighted by Gasteiger charge is -2.31. The third-order valence-corrected chi connectivity index (χ3v) is 5.03. The van der Waals surface area contributed by atoms with Gasteiger partial charge >= 0.3 is 5.97 Å². The highest BCUT2D eigenvalue weighted by atomic mass is 79.9. The smallest absolute Gasteiger partial charge is 0.307 e. The minimum absolute atomic E-state index is 0.249. The Labute approximate surface area is 123 Å². The average molecular weight is 325 g/mol. The molecule has 0 spiro atoms. The Kier molecular flexibility index (Phi) is 5.03. The second-order valence-electron chi connectivity index (χ2n) is 5.77. The molecule has 0 aliphatic heterocycles. The fourth-order valence-electron chi connectivity index (χ4n) is 3.20. The van der Waals surface area contributed by atoms with Crippen LogP contribution in [0.5, 0.6) is 0 Å². The number of carboxylic acids is 1. The van der Waals surface area contributed by atoms with E-state index in [4.69, 9.17) is 0 Å². The fraction of sp³-hybridized carbons (Fsp3) is 0.562. The van der Waals surface area contributed by atoms with Gasteiger partial charge in [-0.25, -0.2) is 0 Å². The molecular weight excluding hydrogens is 304 g/mol. The van der Waals surface area contributed by atoms with Gasteiger partial charge in [-0.1, -0.05) is 53.9 Å². The lowest BCUT2D eigenvalue weighted by Crippen LogP contribution is -2.29. The van der Waals surface area contributed by atoms with Gasteiger partial charge in [-0.3, -0.25) is 4.79 Å². The minimum Gasteiger partial charge on any atom is -0.481 e. The number of aliphatic carboxylic acids is 1. The van der Waals surface area contributed by atoms with Gasteiger partial charge in [-0.2, -0.15) is 0 Å². The van der Waals surface area contributed by atoms with E-state index in [9.17, 15) is 9.90 Å². The van der Waals surface area contributed by atoms with Crippen LogP contribution in [0.1, 0.15) is 38.2 Å². The molecule has 3 heteroatoms. The van der Waals surface area contributed by atoms with Crippen LogP contribution in [0.3, 0.4) is 0 Å². The molecule has 0 aromatic heterocycles. The second-order valence-corrected chi connectivity index (χ2v) is 6.63. The molecule has 0 amide bonds. The van der Waals surface area contributed by atoms with Crippen LogP contribution in [-0.4, -0.2) is 11.1 Å². The van der Waals surface area contributed by atoms with E-state index in [-0.39, 0.29) is 5.92 Å². The summed E-state index contributed by atoms with van der Waals surface area (Å²) in [7, 11) is 0. The zero-order chi connectivity index (χ0) is 13.8. The zero-order valence-corrected chi connectivity index (χ0v) is 12.9. The van der Waals surface area contributed by atoms with Gasteiger partial charge in [0.15, 0.2) is 0 Å². The number of hydrogen-bond donors (Lipinski definition) is 1. The number of rotatable bonds is 4. The van der Waals surface area contributed by atoms with Gasteiger partial charge in [0.2, 0.25) is 0 Å². The Morgan fingerprint density at radius 2 is 2.16 bits per heavy atom. The highest BCUT2D eigenvalue weighted by Crippen LogP contribution is 2.36. The highest BCUT2D eigenvalue weighted by Gasteiger charge is 2.31. The molecule has 1 aliphatic carbocycles. The molecule has 0 heterocycles. The Balaban J connectivity index is 2.12. The van der Waals surface area contributed by atoms with Gasteiger partial charge in [0, 0.05) is 4.47 Å². The molecule has 104 valence electrons. The van der Waals surface area contributed by atoms with E-state index in [1.54, 1.807) is 0 Å². The summed E-state index contributed by atoms with van der Waals surface area (Å²) in [6.07, 6.45) is 5.17. The van der Waals surface area contributed by atoms with Crippen molar-refractivity contribution < 1.29 is 9.90 Å². The third-order valence-electron chi connectivity index (χ3n) is 4.26. The first-order valence-electron chi connectivity index (χ1n) is 7.04. The van der Waals surface area contributed by atoms with Crippen LogP contribution < -0.4 is 0 Å². The summed E-state index contributed by atoms with van der Waals surface area (Å²) >= 11 is 3.52. The number of carboxylic acid groups (broad SMARTS) is 1. The van der Waals surface area contributed by atoms with Crippen molar-refractivity contribution >= 4 is 21.9 Å². The Morgan fingerprint density at radius 1 is 1.42 bits per heavy atom.